The summed E-state index contributed by atoms with van der Waals surface area (Å²) >= 11 is 0. The lowest BCUT2D eigenvalue weighted by atomic mass is 10.1. The molecule has 2 heterocycles. The van der Waals surface area contributed by atoms with Gasteiger partial charge in [0.15, 0.2) is 9.84 Å². The average molecular weight is 345 g/mol. The summed E-state index contributed by atoms with van der Waals surface area (Å²) in [4.78, 5) is 18.0. The molecule has 1 aliphatic heterocycles. The first-order valence-electron chi connectivity index (χ1n) is 7.69. The number of carbonyl (C=O) groups excluding carboxylic acids is 1. The second-order valence-corrected chi connectivity index (χ2v) is 8.14. The summed E-state index contributed by atoms with van der Waals surface area (Å²) in [7, 11) is -1.34. The van der Waals surface area contributed by atoms with Crippen molar-refractivity contribution in [2.24, 2.45) is 0 Å². The number of rotatable bonds is 4. The average Bonchev–Trinajstić information content (AvgIpc) is 2.95. The van der Waals surface area contributed by atoms with Crippen LogP contribution >= 0.6 is 0 Å². The van der Waals surface area contributed by atoms with Gasteiger partial charge in [0.2, 0.25) is 0 Å². The number of amides is 1. The van der Waals surface area contributed by atoms with Crippen LogP contribution in [0.3, 0.4) is 0 Å². The van der Waals surface area contributed by atoms with E-state index in [2.05, 4.69) is 10.3 Å². The minimum Gasteiger partial charge on any atom is -0.355 e. The SMILES string of the molecule is CN(C(=O)c1ccc(Nc2ccncc2)cc1)C1CCS(=O)(=O)C1. The van der Waals surface area contributed by atoms with Crippen molar-refractivity contribution >= 4 is 27.1 Å². The Balaban J connectivity index is 1.67. The largest absolute Gasteiger partial charge is 0.355 e. The first kappa shape index (κ1) is 16.4. The van der Waals surface area contributed by atoms with Gasteiger partial charge in [-0.25, -0.2) is 8.42 Å². The van der Waals surface area contributed by atoms with E-state index in [-0.39, 0.29) is 23.5 Å². The van der Waals surface area contributed by atoms with Gasteiger partial charge in [0.05, 0.1) is 11.5 Å². The van der Waals surface area contributed by atoms with Crippen LogP contribution in [0.4, 0.5) is 11.4 Å². The molecule has 0 radical (unpaired) electrons. The molecule has 24 heavy (non-hydrogen) atoms. The van der Waals surface area contributed by atoms with E-state index in [0.717, 1.165) is 11.4 Å². The summed E-state index contributed by atoms with van der Waals surface area (Å²) in [5.41, 5.74) is 2.32. The Morgan fingerprint density at radius 1 is 1.12 bits per heavy atom. The molecule has 7 heteroatoms. The Bertz CT molecular complexity index is 820. The lowest BCUT2D eigenvalue weighted by Crippen LogP contribution is -2.37. The second-order valence-electron chi connectivity index (χ2n) is 5.91. The molecule has 0 saturated carbocycles. The van der Waals surface area contributed by atoms with Gasteiger partial charge in [-0.2, -0.15) is 0 Å². The summed E-state index contributed by atoms with van der Waals surface area (Å²) in [6.07, 6.45) is 3.90. The van der Waals surface area contributed by atoms with Crippen molar-refractivity contribution in [2.75, 3.05) is 23.9 Å². The first-order valence-corrected chi connectivity index (χ1v) is 9.51. The smallest absolute Gasteiger partial charge is 0.253 e. The van der Waals surface area contributed by atoms with E-state index >= 15 is 0 Å². The number of pyridine rings is 1. The Hall–Kier alpha value is -2.41. The molecule has 1 atom stereocenters. The third kappa shape index (κ3) is 3.73. The molecule has 0 aliphatic carbocycles. The fourth-order valence-corrected chi connectivity index (χ4v) is 4.52. The van der Waals surface area contributed by atoms with Crippen LogP contribution in [-0.4, -0.2) is 48.8 Å². The highest BCUT2D eigenvalue weighted by molar-refractivity contribution is 7.91. The molecular weight excluding hydrogens is 326 g/mol. The van der Waals surface area contributed by atoms with Gasteiger partial charge in [-0.15, -0.1) is 0 Å². The number of sulfone groups is 1. The summed E-state index contributed by atoms with van der Waals surface area (Å²) in [5, 5.41) is 3.22. The lowest BCUT2D eigenvalue weighted by molar-refractivity contribution is 0.0747. The van der Waals surface area contributed by atoms with Gasteiger partial charge < -0.3 is 10.2 Å². The normalized spacial score (nSPS) is 19.0. The van der Waals surface area contributed by atoms with Gasteiger partial charge in [-0.05, 0) is 42.8 Å². The predicted octanol–water partition coefficient (Wildman–Crippen LogP) is 2.08. The Labute approximate surface area is 141 Å². The third-order valence-electron chi connectivity index (χ3n) is 4.18. The van der Waals surface area contributed by atoms with E-state index in [1.54, 1.807) is 31.6 Å². The highest BCUT2D eigenvalue weighted by Gasteiger charge is 2.32. The summed E-state index contributed by atoms with van der Waals surface area (Å²) < 4.78 is 23.1. The number of nitrogens with one attached hydrogen (secondary N) is 1. The van der Waals surface area contributed by atoms with Crippen molar-refractivity contribution in [3.05, 3.63) is 54.4 Å². The number of nitrogens with zero attached hydrogens (tertiary/aromatic N) is 2. The van der Waals surface area contributed by atoms with Crippen molar-refractivity contribution < 1.29 is 13.2 Å². The highest BCUT2D eigenvalue weighted by Crippen LogP contribution is 2.20. The first-order chi connectivity index (χ1) is 11.4. The van der Waals surface area contributed by atoms with Gasteiger partial charge in [-0.3, -0.25) is 9.78 Å². The molecule has 1 unspecified atom stereocenters. The fraction of sp³-hybridized carbons (Fsp3) is 0.294. The van der Waals surface area contributed by atoms with Crippen LogP contribution in [0, 0.1) is 0 Å². The zero-order valence-corrected chi connectivity index (χ0v) is 14.2. The zero-order valence-electron chi connectivity index (χ0n) is 13.3. The van der Waals surface area contributed by atoms with Crippen molar-refractivity contribution in [3.63, 3.8) is 0 Å². The lowest BCUT2D eigenvalue weighted by Gasteiger charge is -2.23. The molecule has 1 amide bonds. The highest BCUT2D eigenvalue weighted by atomic mass is 32.2. The van der Waals surface area contributed by atoms with Gasteiger partial charge >= 0.3 is 0 Å². The maximum atomic E-state index is 12.5. The molecule has 1 aliphatic rings. The molecule has 1 aromatic carbocycles. The molecule has 1 N–H and O–H groups in total. The van der Waals surface area contributed by atoms with Crippen molar-refractivity contribution in [3.8, 4) is 0 Å². The molecule has 126 valence electrons. The molecule has 1 fully saturated rings. The van der Waals surface area contributed by atoms with Crippen molar-refractivity contribution in [2.45, 2.75) is 12.5 Å². The number of aromatic nitrogens is 1. The molecule has 0 bridgehead atoms. The number of carbonyl (C=O) groups is 1. The Morgan fingerprint density at radius 2 is 1.75 bits per heavy atom. The predicted molar refractivity (Wildman–Crippen MR) is 93.1 cm³/mol. The van der Waals surface area contributed by atoms with Crippen LogP contribution in [0.5, 0.6) is 0 Å². The van der Waals surface area contributed by atoms with Crippen molar-refractivity contribution in [1.29, 1.82) is 0 Å². The minimum atomic E-state index is -3.01. The summed E-state index contributed by atoms with van der Waals surface area (Å²) in [5.74, 6) is 0.0497. The van der Waals surface area contributed by atoms with Gasteiger partial charge in [0, 0.05) is 42.4 Å². The Kier molecular flexibility index (Phi) is 4.53. The van der Waals surface area contributed by atoms with Crippen LogP contribution in [0.2, 0.25) is 0 Å². The fourth-order valence-electron chi connectivity index (χ4n) is 2.75. The van der Waals surface area contributed by atoms with Crippen molar-refractivity contribution in [1.82, 2.24) is 9.88 Å². The van der Waals surface area contributed by atoms with Gasteiger partial charge in [0.1, 0.15) is 0 Å². The number of hydrogen-bond donors (Lipinski definition) is 1. The second kappa shape index (κ2) is 6.60. The third-order valence-corrected chi connectivity index (χ3v) is 5.93. The van der Waals surface area contributed by atoms with E-state index in [1.807, 2.05) is 24.3 Å². The molecule has 6 nitrogen and oxygen atoms in total. The molecule has 1 aromatic heterocycles. The van der Waals surface area contributed by atoms with Crippen LogP contribution in [-0.2, 0) is 9.84 Å². The van der Waals surface area contributed by atoms with E-state index < -0.39 is 9.84 Å². The van der Waals surface area contributed by atoms with Crippen LogP contribution < -0.4 is 5.32 Å². The maximum Gasteiger partial charge on any atom is 0.253 e. The zero-order chi connectivity index (χ0) is 17.2. The van der Waals surface area contributed by atoms with Crippen LogP contribution in [0.25, 0.3) is 0 Å². The standard InChI is InChI=1S/C17H19N3O3S/c1-20(16-8-11-24(22,23)12-16)17(21)13-2-4-14(5-3-13)19-15-6-9-18-10-7-15/h2-7,9-10,16H,8,11-12H2,1H3,(H,18,19). The number of anilines is 2. The topological polar surface area (TPSA) is 79.4 Å². The molecule has 2 aromatic rings. The van der Waals surface area contributed by atoms with E-state index in [4.69, 9.17) is 0 Å². The monoisotopic (exact) mass is 345 g/mol. The van der Waals surface area contributed by atoms with E-state index in [1.165, 1.54) is 4.90 Å². The molecular formula is C17H19N3O3S. The maximum absolute atomic E-state index is 12.5. The number of hydrogen-bond acceptors (Lipinski definition) is 5. The molecule has 3 rings (SSSR count). The minimum absolute atomic E-state index is 0.0525. The number of benzene rings is 1. The van der Waals surface area contributed by atoms with E-state index in [0.29, 0.717) is 12.0 Å². The van der Waals surface area contributed by atoms with Gasteiger partial charge in [-0.1, -0.05) is 0 Å². The van der Waals surface area contributed by atoms with Gasteiger partial charge in [0.25, 0.3) is 5.91 Å². The molecule has 1 saturated heterocycles. The van der Waals surface area contributed by atoms with Crippen LogP contribution in [0.1, 0.15) is 16.8 Å². The molecule has 0 spiro atoms. The summed E-state index contributed by atoms with van der Waals surface area (Å²) in [6, 6.07) is 10.6. The van der Waals surface area contributed by atoms with E-state index in [9.17, 15) is 13.2 Å². The Morgan fingerprint density at radius 3 is 2.33 bits per heavy atom. The van der Waals surface area contributed by atoms with Crippen LogP contribution in [0.15, 0.2) is 48.8 Å². The quantitative estimate of drug-likeness (QED) is 0.918. The summed E-state index contributed by atoms with van der Waals surface area (Å²) in [6.45, 7) is 0.